The number of benzene rings is 2. The first-order chi connectivity index (χ1) is 19.6. The van der Waals surface area contributed by atoms with Crippen LogP contribution in [0.5, 0.6) is 11.8 Å². The first-order valence-electron chi connectivity index (χ1n) is 14.6. The average molecular weight is 541 g/mol. The van der Waals surface area contributed by atoms with Crippen molar-refractivity contribution < 1.29 is 14.2 Å². The van der Waals surface area contributed by atoms with Gasteiger partial charge in [-0.15, -0.1) is 0 Å². The van der Waals surface area contributed by atoms with Gasteiger partial charge in [0.15, 0.2) is 5.82 Å². The fourth-order valence-electron chi connectivity index (χ4n) is 7.59. The SMILES string of the molecule is Oc1cc(-c2nc3c4c(nc(OCC56CCCN5CCC6)nc4c2F)N2CCNC[C@H]2CC3)c2ccccc2c1. The van der Waals surface area contributed by atoms with Gasteiger partial charge >= 0.3 is 6.01 Å². The maximum absolute atomic E-state index is 16.7. The molecule has 6 heterocycles. The van der Waals surface area contributed by atoms with Gasteiger partial charge in [0.1, 0.15) is 29.4 Å². The molecule has 8 nitrogen and oxygen atoms in total. The normalized spacial score (nSPS) is 21.9. The van der Waals surface area contributed by atoms with Crippen molar-refractivity contribution in [2.45, 2.75) is 50.1 Å². The lowest BCUT2D eigenvalue weighted by molar-refractivity contribution is 0.108. The van der Waals surface area contributed by atoms with Crippen LogP contribution in [0, 0.1) is 5.82 Å². The first kappa shape index (κ1) is 24.3. The van der Waals surface area contributed by atoms with E-state index in [0.29, 0.717) is 24.0 Å². The molecule has 8 rings (SSSR count). The van der Waals surface area contributed by atoms with Crippen LogP contribution in [0.25, 0.3) is 32.9 Å². The Labute approximate surface area is 232 Å². The number of hydrogen-bond donors (Lipinski definition) is 2. The number of pyridine rings is 1. The van der Waals surface area contributed by atoms with E-state index in [4.69, 9.17) is 19.7 Å². The topological polar surface area (TPSA) is 86.6 Å². The molecule has 3 saturated heterocycles. The van der Waals surface area contributed by atoms with Gasteiger partial charge in [-0.25, -0.2) is 9.37 Å². The summed E-state index contributed by atoms with van der Waals surface area (Å²) >= 11 is 0. The molecule has 4 aliphatic rings. The van der Waals surface area contributed by atoms with Crippen LogP contribution in [-0.4, -0.2) is 75.9 Å². The molecule has 0 spiro atoms. The Hall–Kier alpha value is -3.56. The number of ether oxygens (including phenoxy) is 1. The van der Waals surface area contributed by atoms with Gasteiger partial charge in [0.2, 0.25) is 0 Å². The van der Waals surface area contributed by atoms with Crippen LogP contribution in [-0.2, 0) is 6.42 Å². The highest BCUT2D eigenvalue weighted by molar-refractivity contribution is 6.01. The van der Waals surface area contributed by atoms with E-state index >= 15 is 4.39 Å². The lowest BCUT2D eigenvalue weighted by atomic mass is 9.95. The minimum Gasteiger partial charge on any atom is -0.508 e. The van der Waals surface area contributed by atoms with Crippen LogP contribution >= 0.6 is 0 Å². The third-order valence-corrected chi connectivity index (χ3v) is 9.54. The molecule has 4 aliphatic heterocycles. The Morgan fingerprint density at radius 3 is 2.80 bits per heavy atom. The van der Waals surface area contributed by atoms with Gasteiger partial charge in [-0.2, -0.15) is 9.97 Å². The largest absolute Gasteiger partial charge is 0.508 e. The van der Waals surface area contributed by atoms with Gasteiger partial charge in [0, 0.05) is 31.2 Å². The summed E-state index contributed by atoms with van der Waals surface area (Å²) in [6, 6.07) is 11.4. The van der Waals surface area contributed by atoms with Crippen molar-refractivity contribution in [1.82, 2.24) is 25.2 Å². The molecule has 0 aliphatic carbocycles. The van der Waals surface area contributed by atoms with E-state index in [0.717, 1.165) is 74.3 Å². The summed E-state index contributed by atoms with van der Waals surface area (Å²) in [6.45, 7) is 5.22. The Kier molecular flexibility index (Phi) is 5.60. The van der Waals surface area contributed by atoms with Gasteiger partial charge in [-0.05, 0) is 74.5 Å². The Morgan fingerprint density at radius 2 is 1.93 bits per heavy atom. The molecule has 206 valence electrons. The van der Waals surface area contributed by atoms with Crippen LogP contribution in [0.15, 0.2) is 36.4 Å². The zero-order valence-electron chi connectivity index (χ0n) is 22.5. The Balaban J connectivity index is 1.31. The number of aryl methyl sites for hydroxylation is 1. The second-order valence-electron chi connectivity index (χ2n) is 11.8. The number of anilines is 1. The second kappa shape index (κ2) is 9.24. The quantitative estimate of drug-likeness (QED) is 0.394. The monoisotopic (exact) mass is 540 g/mol. The molecule has 0 bridgehead atoms. The number of aromatic nitrogens is 3. The number of aromatic hydroxyl groups is 1. The number of nitrogens with zero attached hydrogens (tertiary/aromatic N) is 5. The number of fused-ring (bicyclic) bond motifs is 4. The maximum atomic E-state index is 16.7. The van der Waals surface area contributed by atoms with Gasteiger partial charge in [-0.3, -0.25) is 4.90 Å². The van der Waals surface area contributed by atoms with E-state index in [9.17, 15) is 5.11 Å². The summed E-state index contributed by atoms with van der Waals surface area (Å²) in [5, 5.41) is 16.4. The Morgan fingerprint density at radius 1 is 1.07 bits per heavy atom. The van der Waals surface area contributed by atoms with Crippen molar-refractivity contribution in [3.8, 4) is 23.0 Å². The fourth-order valence-corrected chi connectivity index (χ4v) is 7.59. The molecule has 9 heteroatoms. The van der Waals surface area contributed by atoms with Crippen LogP contribution in [0.4, 0.5) is 10.2 Å². The molecule has 0 unspecified atom stereocenters. The van der Waals surface area contributed by atoms with Crippen LogP contribution < -0.4 is 15.0 Å². The minimum absolute atomic E-state index is 0.0393. The lowest BCUT2D eigenvalue weighted by Crippen LogP contribution is -2.51. The first-order valence-corrected chi connectivity index (χ1v) is 14.6. The summed E-state index contributed by atoms with van der Waals surface area (Å²) in [6.07, 6.45) is 6.17. The van der Waals surface area contributed by atoms with E-state index in [-0.39, 0.29) is 34.6 Å². The zero-order valence-corrected chi connectivity index (χ0v) is 22.5. The molecule has 2 aromatic carbocycles. The highest BCUT2D eigenvalue weighted by Gasteiger charge is 2.45. The summed E-state index contributed by atoms with van der Waals surface area (Å²) in [5.41, 5.74) is 1.85. The molecular formula is C31H33FN6O2. The molecule has 1 atom stereocenters. The van der Waals surface area contributed by atoms with Crippen molar-refractivity contribution in [2.24, 2.45) is 0 Å². The van der Waals surface area contributed by atoms with Crippen LogP contribution in [0.3, 0.4) is 0 Å². The molecule has 40 heavy (non-hydrogen) atoms. The maximum Gasteiger partial charge on any atom is 0.319 e. The third-order valence-electron chi connectivity index (χ3n) is 9.54. The number of rotatable bonds is 4. The number of halogens is 1. The number of phenols is 1. The standard InChI is InChI=1S/C31H33FN6O2/c32-26-27(23-16-21(39)15-19-5-1-2-6-22(19)23)34-24-8-7-20-17-33-11-14-38(20)29-25(24)28(26)35-30(36-29)40-18-31-9-3-12-37(31)13-4-10-31/h1-2,5-6,15-16,20,33,39H,3-4,7-14,17-18H2/t20-/m1/s1. The molecule has 0 saturated carbocycles. The van der Waals surface area contributed by atoms with Gasteiger partial charge in [0.25, 0.3) is 0 Å². The van der Waals surface area contributed by atoms with Gasteiger partial charge in [-0.1, -0.05) is 24.3 Å². The fraction of sp³-hybridized carbons (Fsp3) is 0.452. The lowest BCUT2D eigenvalue weighted by Gasteiger charge is -2.36. The summed E-state index contributed by atoms with van der Waals surface area (Å²) in [5.74, 6) is 0.302. The highest BCUT2D eigenvalue weighted by atomic mass is 19.1. The van der Waals surface area contributed by atoms with Crippen molar-refractivity contribution >= 4 is 27.5 Å². The summed E-state index contributed by atoms with van der Waals surface area (Å²) in [4.78, 5) is 19.5. The molecule has 2 N–H and O–H groups in total. The van der Waals surface area contributed by atoms with Crippen molar-refractivity contribution in [2.75, 3.05) is 44.2 Å². The average Bonchev–Trinajstić information content (AvgIpc) is 3.51. The van der Waals surface area contributed by atoms with E-state index in [2.05, 4.69) is 15.1 Å². The Bertz CT molecular complexity index is 1630. The molecule has 0 radical (unpaired) electrons. The third kappa shape index (κ3) is 3.74. The number of piperazine rings is 1. The number of nitrogens with one attached hydrogen (secondary N) is 1. The van der Waals surface area contributed by atoms with E-state index in [1.165, 1.54) is 12.8 Å². The predicted molar refractivity (Wildman–Crippen MR) is 152 cm³/mol. The van der Waals surface area contributed by atoms with Crippen molar-refractivity contribution in [3.05, 3.63) is 47.9 Å². The zero-order chi connectivity index (χ0) is 26.8. The van der Waals surface area contributed by atoms with Crippen molar-refractivity contribution in [1.29, 1.82) is 0 Å². The molecule has 0 amide bonds. The summed E-state index contributed by atoms with van der Waals surface area (Å²) in [7, 11) is 0. The van der Waals surface area contributed by atoms with E-state index in [1.807, 2.05) is 24.3 Å². The van der Waals surface area contributed by atoms with Crippen molar-refractivity contribution in [3.63, 3.8) is 0 Å². The predicted octanol–water partition coefficient (Wildman–Crippen LogP) is 4.42. The molecular weight excluding hydrogens is 507 g/mol. The number of phenolic OH excluding ortho intramolecular Hbond substituents is 1. The second-order valence-corrected chi connectivity index (χ2v) is 11.8. The van der Waals surface area contributed by atoms with E-state index in [1.54, 1.807) is 12.1 Å². The van der Waals surface area contributed by atoms with Gasteiger partial charge < -0.3 is 20.1 Å². The van der Waals surface area contributed by atoms with Crippen LogP contribution in [0.2, 0.25) is 0 Å². The number of hydrogen-bond acceptors (Lipinski definition) is 8. The molecule has 4 aromatic rings. The molecule has 2 aromatic heterocycles. The minimum atomic E-state index is -0.502. The summed E-state index contributed by atoms with van der Waals surface area (Å²) < 4.78 is 23.1. The molecule has 3 fully saturated rings. The van der Waals surface area contributed by atoms with E-state index < -0.39 is 5.82 Å². The smallest absolute Gasteiger partial charge is 0.319 e. The van der Waals surface area contributed by atoms with Gasteiger partial charge in [0.05, 0.1) is 16.6 Å². The highest BCUT2D eigenvalue weighted by Crippen LogP contribution is 2.42. The van der Waals surface area contributed by atoms with Crippen LogP contribution in [0.1, 0.15) is 37.8 Å².